The number of aliphatic carboxylic acids is 1. The Balaban J connectivity index is 2.92. The standard InChI is InChI=1S/C10H7BrCl2O3/c11-7(4-9(14)15)10(16)6-2-1-5(12)3-8(6)13/h1-3,7H,4H2,(H,14,15). The first-order chi connectivity index (χ1) is 7.41. The summed E-state index contributed by atoms with van der Waals surface area (Å²) in [7, 11) is 0. The first-order valence-electron chi connectivity index (χ1n) is 4.27. The first kappa shape index (κ1) is 13.5. The van der Waals surface area contributed by atoms with Crippen LogP contribution >= 0.6 is 39.1 Å². The SMILES string of the molecule is O=C(O)CC(Br)C(=O)c1ccc(Cl)cc1Cl. The van der Waals surface area contributed by atoms with E-state index >= 15 is 0 Å². The molecular weight excluding hydrogens is 319 g/mol. The fourth-order valence-electron chi connectivity index (χ4n) is 1.10. The van der Waals surface area contributed by atoms with Crippen molar-refractivity contribution in [3.05, 3.63) is 33.8 Å². The number of hydrogen-bond donors (Lipinski definition) is 1. The Morgan fingerprint density at radius 1 is 1.38 bits per heavy atom. The second-order valence-electron chi connectivity index (χ2n) is 3.05. The Morgan fingerprint density at radius 3 is 2.50 bits per heavy atom. The van der Waals surface area contributed by atoms with Crippen molar-refractivity contribution in [1.82, 2.24) is 0 Å². The van der Waals surface area contributed by atoms with Crippen LogP contribution in [0.15, 0.2) is 18.2 Å². The predicted octanol–water partition coefficient (Wildman–Crippen LogP) is 3.41. The molecule has 1 unspecified atom stereocenters. The van der Waals surface area contributed by atoms with Gasteiger partial charge in [-0.1, -0.05) is 39.1 Å². The van der Waals surface area contributed by atoms with Gasteiger partial charge in [-0.3, -0.25) is 9.59 Å². The number of hydrogen-bond acceptors (Lipinski definition) is 2. The summed E-state index contributed by atoms with van der Waals surface area (Å²) in [4.78, 5) is 21.4. The molecule has 1 aromatic rings. The van der Waals surface area contributed by atoms with Gasteiger partial charge >= 0.3 is 5.97 Å². The Labute approximate surface area is 110 Å². The molecule has 0 saturated carbocycles. The Morgan fingerprint density at radius 2 is 2.00 bits per heavy atom. The van der Waals surface area contributed by atoms with Crippen molar-refractivity contribution in [2.24, 2.45) is 0 Å². The molecule has 0 aliphatic rings. The smallest absolute Gasteiger partial charge is 0.304 e. The zero-order chi connectivity index (χ0) is 12.3. The Kier molecular flexibility index (Phi) is 4.77. The summed E-state index contributed by atoms with van der Waals surface area (Å²) in [5.74, 6) is -1.43. The van der Waals surface area contributed by atoms with Gasteiger partial charge in [0.1, 0.15) is 0 Å². The van der Waals surface area contributed by atoms with Crippen molar-refractivity contribution in [1.29, 1.82) is 0 Å². The predicted molar refractivity (Wildman–Crippen MR) is 65.8 cm³/mol. The van der Waals surface area contributed by atoms with Crippen LogP contribution in [-0.2, 0) is 4.79 Å². The molecule has 16 heavy (non-hydrogen) atoms. The lowest BCUT2D eigenvalue weighted by Gasteiger charge is -2.07. The van der Waals surface area contributed by atoms with E-state index in [4.69, 9.17) is 28.3 Å². The molecule has 1 aromatic carbocycles. The molecule has 0 saturated heterocycles. The number of carboxylic acid groups (broad SMARTS) is 1. The lowest BCUT2D eigenvalue weighted by Crippen LogP contribution is -2.18. The average Bonchev–Trinajstić information content (AvgIpc) is 2.15. The maximum absolute atomic E-state index is 11.8. The van der Waals surface area contributed by atoms with E-state index in [-0.39, 0.29) is 22.8 Å². The monoisotopic (exact) mass is 324 g/mol. The van der Waals surface area contributed by atoms with Gasteiger partial charge in [-0.2, -0.15) is 0 Å². The van der Waals surface area contributed by atoms with E-state index in [1.54, 1.807) is 0 Å². The third-order valence-electron chi connectivity index (χ3n) is 1.83. The summed E-state index contributed by atoms with van der Waals surface area (Å²) in [6.07, 6.45) is -0.294. The number of ketones is 1. The second-order valence-corrected chi connectivity index (χ2v) is 5.00. The number of Topliss-reactive ketones (excluding diaryl/α,β-unsaturated/α-hetero) is 1. The van der Waals surface area contributed by atoms with Gasteiger partial charge in [0.2, 0.25) is 0 Å². The molecular formula is C10H7BrCl2O3. The van der Waals surface area contributed by atoms with Crippen LogP contribution in [0.4, 0.5) is 0 Å². The molecule has 1 rings (SSSR count). The molecule has 3 nitrogen and oxygen atoms in total. The molecule has 6 heteroatoms. The van der Waals surface area contributed by atoms with Gasteiger partial charge in [-0.05, 0) is 18.2 Å². The molecule has 86 valence electrons. The fourth-order valence-corrected chi connectivity index (χ4v) is 2.13. The van der Waals surface area contributed by atoms with Crippen molar-refractivity contribution in [3.8, 4) is 0 Å². The Bertz CT molecular complexity index is 434. The highest BCUT2D eigenvalue weighted by molar-refractivity contribution is 9.10. The quantitative estimate of drug-likeness (QED) is 0.681. The van der Waals surface area contributed by atoms with Gasteiger partial charge in [0.05, 0.1) is 16.3 Å². The van der Waals surface area contributed by atoms with Crippen LogP contribution in [0.5, 0.6) is 0 Å². The van der Waals surface area contributed by atoms with Crippen molar-refractivity contribution in [2.75, 3.05) is 0 Å². The molecule has 1 atom stereocenters. The topological polar surface area (TPSA) is 54.4 Å². The van der Waals surface area contributed by atoms with Crippen LogP contribution < -0.4 is 0 Å². The summed E-state index contributed by atoms with van der Waals surface area (Å²) < 4.78 is 0. The minimum absolute atomic E-state index is 0.215. The van der Waals surface area contributed by atoms with Crippen LogP contribution in [0.3, 0.4) is 0 Å². The molecule has 0 radical (unpaired) electrons. The van der Waals surface area contributed by atoms with Crippen LogP contribution in [0.1, 0.15) is 16.8 Å². The largest absolute Gasteiger partial charge is 0.481 e. The third kappa shape index (κ3) is 3.47. The molecule has 0 bridgehead atoms. The van der Waals surface area contributed by atoms with E-state index < -0.39 is 10.8 Å². The van der Waals surface area contributed by atoms with Gasteiger partial charge in [0.25, 0.3) is 0 Å². The summed E-state index contributed by atoms with van der Waals surface area (Å²) in [5.41, 5.74) is 0.259. The normalized spacial score (nSPS) is 12.2. The van der Waals surface area contributed by atoms with Crippen LogP contribution in [0.2, 0.25) is 10.0 Å². The number of rotatable bonds is 4. The van der Waals surface area contributed by atoms with Crippen LogP contribution in [-0.4, -0.2) is 21.7 Å². The summed E-state index contributed by atoms with van der Waals surface area (Å²) >= 11 is 14.5. The lowest BCUT2D eigenvalue weighted by atomic mass is 10.1. The van der Waals surface area contributed by atoms with E-state index in [2.05, 4.69) is 15.9 Å². The van der Waals surface area contributed by atoms with E-state index in [1.807, 2.05) is 0 Å². The average molecular weight is 326 g/mol. The molecule has 0 amide bonds. The molecule has 0 heterocycles. The number of carbonyl (C=O) groups is 2. The fraction of sp³-hybridized carbons (Fsp3) is 0.200. The molecule has 0 aliphatic heterocycles. The molecule has 0 fully saturated rings. The van der Waals surface area contributed by atoms with Gasteiger partial charge in [-0.15, -0.1) is 0 Å². The van der Waals surface area contributed by atoms with Crippen LogP contribution in [0.25, 0.3) is 0 Å². The van der Waals surface area contributed by atoms with Crippen molar-refractivity contribution >= 4 is 50.9 Å². The Hall–Kier alpha value is -0.580. The number of carbonyl (C=O) groups excluding carboxylic acids is 1. The minimum Gasteiger partial charge on any atom is -0.481 e. The highest BCUT2D eigenvalue weighted by atomic mass is 79.9. The molecule has 0 spiro atoms. The highest BCUT2D eigenvalue weighted by Gasteiger charge is 2.21. The van der Waals surface area contributed by atoms with Crippen molar-refractivity contribution in [3.63, 3.8) is 0 Å². The van der Waals surface area contributed by atoms with E-state index in [0.29, 0.717) is 5.02 Å². The van der Waals surface area contributed by atoms with Gasteiger partial charge in [0.15, 0.2) is 5.78 Å². The highest BCUT2D eigenvalue weighted by Crippen LogP contribution is 2.24. The third-order valence-corrected chi connectivity index (χ3v) is 3.12. The van der Waals surface area contributed by atoms with Crippen molar-refractivity contribution in [2.45, 2.75) is 11.2 Å². The lowest BCUT2D eigenvalue weighted by molar-refractivity contribution is -0.136. The van der Waals surface area contributed by atoms with E-state index in [9.17, 15) is 9.59 Å². The summed E-state index contributed by atoms with van der Waals surface area (Å²) in [5, 5.41) is 9.19. The molecule has 0 aromatic heterocycles. The number of benzene rings is 1. The second kappa shape index (κ2) is 5.66. The number of carboxylic acids is 1. The number of alkyl halides is 1. The molecule has 1 N–H and O–H groups in total. The summed E-state index contributed by atoms with van der Waals surface area (Å²) in [6.45, 7) is 0. The van der Waals surface area contributed by atoms with Gasteiger partial charge in [-0.25, -0.2) is 0 Å². The van der Waals surface area contributed by atoms with Crippen molar-refractivity contribution < 1.29 is 14.7 Å². The van der Waals surface area contributed by atoms with E-state index in [0.717, 1.165) is 0 Å². The van der Waals surface area contributed by atoms with E-state index in [1.165, 1.54) is 18.2 Å². The maximum atomic E-state index is 11.8. The number of halogens is 3. The zero-order valence-electron chi connectivity index (χ0n) is 7.91. The van der Waals surface area contributed by atoms with Gasteiger partial charge < -0.3 is 5.11 Å². The first-order valence-corrected chi connectivity index (χ1v) is 5.94. The van der Waals surface area contributed by atoms with Crippen LogP contribution in [0, 0.1) is 0 Å². The van der Waals surface area contributed by atoms with Gasteiger partial charge in [0, 0.05) is 10.6 Å². The zero-order valence-corrected chi connectivity index (χ0v) is 11.0. The molecule has 0 aliphatic carbocycles. The summed E-state index contributed by atoms with van der Waals surface area (Å²) in [6, 6.07) is 4.45. The minimum atomic E-state index is -1.06. The maximum Gasteiger partial charge on any atom is 0.304 e.